The number of esters is 2. The number of allylic oxidation sites excluding steroid dienone is 8. The van der Waals surface area contributed by atoms with E-state index in [1.54, 1.807) is 10.9 Å². The highest BCUT2D eigenvalue weighted by Gasteiger charge is 2.42. The third kappa shape index (κ3) is 19.0. The van der Waals surface area contributed by atoms with E-state index in [-0.39, 0.29) is 36.1 Å². The molecule has 2 aromatic heterocycles. The number of H-pyrrole nitrogens is 1. The van der Waals surface area contributed by atoms with Crippen LogP contribution in [0.25, 0.3) is 11.2 Å². The van der Waals surface area contributed by atoms with Crippen molar-refractivity contribution < 1.29 is 19.1 Å². The van der Waals surface area contributed by atoms with E-state index in [0.29, 0.717) is 24.9 Å². The zero-order chi connectivity index (χ0) is 41.6. The smallest absolute Gasteiger partial charge is 0.306 e. The summed E-state index contributed by atoms with van der Waals surface area (Å²) in [6, 6.07) is -0.363. The van der Waals surface area contributed by atoms with Gasteiger partial charge in [-0.1, -0.05) is 133 Å². The summed E-state index contributed by atoms with van der Waals surface area (Å²) in [7, 11) is 0. The molecule has 3 N–H and O–H groups in total. The lowest BCUT2D eigenvalue weighted by Gasteiger charge is -2.20. The van der Waals surface area contributed by atoms with Crippen LogP contribution in [0.2, 0.25) is 0 Å². The third-order valence-electron chi connectivity index (χ3n) is 11.0. The number of carbonyl (C=O) groups is 2. The molecule has 1 fully saturated rings. The Labute approximate surface area is 348 Å². The maximum atomic E-state index is 13.1. The Morgan fingerprint density at radius 3 is 1.81 bits per heavy atom. The lowest BCUT2D eigenvalue weighted by Crippen LogP contribution is -2.27. The first-order valence-electron chi connectivity index (χ1n) is 22.7. The molecule has 10 heteroatoms. The van der Waals surface area contributed by atoms with Crippen LogP contribution in [0.15, 0.2) is 71.9 Å². The van der Waals surface area contributed by atoms with Crippen LogP contribution in [0.1, 0.15) is 180 Å². The maximum Gasteiger partial charge on any atom is 0.306 e. The van der Waals surface area contributed by atoms with Gasteiger partial charge in [0.2, 0.25) is 5.95 Å². The van der Waals surface area contributed by atoms with E-state index in [4.69, 9.17) is 15.2 Å². The van der Waals surface area contributed by atoms with Gasteiger partial charge in [0.15, 0.2) is 11.2 Å². The Bertz CT molecular complexity index is 1650. The minimum atomic E-state index is -0.538. The van der Waals surface area contributed by atoms with Gasteiger partial charge in [0.25, 0.3) is 5.56 Å². The second kappa shape index (κ2) is 29.9. The number of fused-ring (bicyclic) bond motifs is 1. The topological polar surface area (TPSA) is 142 Å². The molecule has 0 saturated heterocycles. The van der Waals surface area contributed by atoms with Gasteiger partial charge in [0.1, 0.15) is 12.7 Å². The molecule has 0 unspecified atom stereocenters. The number of nitrogens with two attached hydrogens (primary N) is 1. The molecule has 0 aliphatic heterocycles. The molecule has 1 aliphatic carbocycles. The Morgan fingerprint density at radius 2 is 1.26 bits per heavy atom. The number of nitrogens with one attached hydrogen (secondary N) is 1. The zero-order valence-electron chi connectivity index (χ0n) is 36.0. The summed E-state index contributed by atoms with van der Waals surface area (Å²) in [6.45, 7) is 8.89. The van der Waals surface area contributed by atoms with Crippen LogP contribution in [0.4, 0.5) is 5.95 Å². The Hall–Kier alpha value is -4.21. The highest BCUT2D eigenvalue weighted by atomic mass is 16.6. The lowest BCUT2D eigenvalue weighted by atomic mass is 10.0. The van der Waals surface area contributed by atoms with Crippen LogP contribution in [0.3, 0.4) is 0 Å². The third-order valence-corrected chi connectivity index (χ3v) is 11.0. The molecule has 0 aromatic carbocycles. The summed E-state index contributed by atoms with van der Waals surface area (Å²) in [5.74, 6) is -0.933. The monoisotopic (exact) mass is 802 g/mol. The van der Waals surface area contributed by atoms with Crippen molar-refractivity contribution in [3.05, 3.63) is 77.4 Å². The molecule has 3 atom stereocenters. The predicted octanol–water partition coefficient (Wildman–Crippen LogP) is 11.9. The Kier molecular flexibility index (Phi) is 24.8. The molecule has 0 amide bonds. The molecule has 0 radical (unpaired) electrons. The van der Waals surface area contributed by atoms with Gasteiger partial charge in [-0.05, 0) is 82.6 Å². The van der Waals surface area contributed by atoms with E-state index < -0.39 is 17.6 Å². The van der Waals surface area contributed by atoms with Crippen molar-refractivity contribution in [1.82, 2.24) is 19.5 Å². The van der Waals surface area contributed by atoms with Crippen molar-refractivity contribution in [3.8, 4) is 0 Å². The van der Waals surface area contributed by atoms with Gasteiger partial charge in [-0.25, -0.2) is 4.98 Å². The number of imidazole rings is 1. The average Bonchev–Trinajstić information content (AvgIpc) is 3.76. The molecule has 3 rings (SSSR count). The molecular formula is C48H75N5O5. The van der Waals surface area contributed by atoms with Crippen molar-refractivity contribution in [1.29, 1.82) is 0 Å². The summed E-state index contributed by atoms with van der Waals surface area (Å²) in [6.07, 6.45) is 44.8. The van der Waals surface area contributed by atoms with Crippen LogP contribution in [0.5, 0.6) is 0 Å². The summed E-state index contributed by atoms with van der Waals surface area (Å²) < 4.78 is 13.6. The first kappa shape index (κ1) is 48.2. The molecule has 1 saturated carbocycles. The molecule has 0 spiro atoms. The van der Waals surface area contributed by atoms with E-state index in [9.17, 15) is 14.4 Å². The number of carbonyl (C=O) groups excluding carboxylic acids is 2. The SMILES string of the molecule is C=C1[C@H](COC(=O)CCCCCCC/C=C\C/C=C\CCCCC)[C@@H](OC(=O)CCCCCCC/C=C\C/C=C\CCCCC)C[C@@H]1n1cnc2c(=O)[nH]c(N)nc21. The van der Waals surface area contributed by atoms with Crippen molar-refractivity contribution in [3.63, 3.8) is 0 Å². The number of aromatic amines is 1. The van der Waals surface area contributed by atoms with Gasteiger partial charge < -0.3 is 19.8 Å². The Balaban J connectivity index is 1.39. The maximum absolute atomic E-state index is 13.1. The largest absolute Gasteiger partial charge is 0.465 e. The number of nitrogens with zero attached hydrogens (tertiary/aromatic N) is 3. The zero-order valence-corrected chi connectivity index (χ0v) is 36.0. The summed E-state index contributed by atoms with van der Waals surface area (Å²) in [5, 5.41) is 0. The summed E-state index contributed by atoms with van der Waals surface area (Å²) in [5.41, 5.74) is 6.68. The van der Waals surface area contributed by atoms with Crippen molar-refractivity contribution in [2.45, 2.75) is 187 Å². The van der Waals surface area contributed by atoms with E-state index in [1.807, 2.05) is 0 Å². The number of ether oxygens (including phenoxy) is 2. The minimum Gasteiger partial charge on any atom is -0.465 e. The highest BCUT2D eigenvalue weighted by molar-refractivity contribution is 5.72. The van der Waals surface area contributed by atoms with E-state index >= 15 is 0 Å². The number of nitrogen functional groups attached to an aromatic ring is 1. The van der Waals surface area contributed by atoms with Gasteiger partial charge in [0, 0.05) is 19.3 Å². The standard InChI is InChI=1S/C48H75N5O5/c1-4-6-8-10-12-14-16-18-20-22-24-26-28-30-32-34-43(54)57-37-40-39(3)41(53-38-50-45-46(53)51-48(49)52-47(45)56)36-42(40)58-44(55)35-33-31-29-27-25-23-21-19-17-15-13-11-9-7-5-2/h12-15,18-21,38,40-42H,3-11,16-17,22-37H2,1-2H3,(H3,49,51,52,56)/b14-12-,15-13-,20-18-,21-19-/t40-,41-,42-/m0/s1. The number of aromatic nitrogens is 4. The molecule has 0 bridgehead atoms. The molecule has 58 heavy (non-hydrogen) atoms. The molecule has 10 nitrogen and oxygen atoms in total. The fraction of sp³-hybridized carbons (Fsp3) is 0.646. The normalized spacial score (nSPS) is 17.3. The van der Waals surface area contributed by atoms with E-state index in [1.165, 1.54) is 51.4 Å². The number of anilines is 1. The van der Waals surface area contributed by atoms with Crippen LogP contribution in [-0.4, -0.2) is 44.2 Å². The fourth-order valence-electron chi connectivity index (χ4n) is 7.47. The van der Waals surface area contributed by atoms with E-state index in [2.05, 4.69) is 84.0 Å². The van der Waals surface area contributed by atoms with Crippen LogP contribution in [0, 0.1) is 5.92 Å². The van der Waals surface area contributed by atoms with Crippen LogP contribution >= 0.6 is 0 Å². The summed E-state index contributed by atoms with van der Waals surface area (Å²) in [4.78, 5) is 49.5. The number of hydrogen-bond donors (Lipinski definition) is 2. The summed E-state index contributed by atoms with van der Waals surface area (Å²) >= 11 is 0. The van der Waals surface area contributed by atoms with Crippen LogP contribution in [-0.2, 0) is 19.1 Å². The molecule has 322 valence electrons. The van der Waals surface area contributed by atoms with Crippen molar-refractivity contribution in [2.75, 3.05) is 12.3 Å². The number of rotatable bonds is 32. The molecular weight excluding hydrogens is 727 g/mol. The van der Waals surface area contributed by atoms with Gasteiger partial charge in [-0.15, -0.1) is 0 Å². The quantitative estimate of drug-likeness (QED) is 0.0423. The van der Waals surface area contributed by atoms with Crippen molar-refractivity contribution in [2.24, 2.45) is 5.92 Å². The van der Waals surface area contributed by atoms with Gasteiger partial charge in [-0.2, -0.15) is 4.98 Å². The Morgan fingerprint density at radius 1 is 0.759 bits per heavy atom. The van der Waals surface area contributed by atoms with Gasteiger partial charge in [0.05, 0.1) is 18.3 Å². The molecule has 2 aromatic rings. The van der Waals surface area contributed by atoms with Gasteiger partial charge in [-0.3, -0.25) is 19.4 Å². The minimum absolute atomic E-state index is 0.0120. The van der Waals surface area contributed by atoms with Crippen molar-refractivity contribution >= 4 is 29.1 Å². The second-order valence-electron chi connectivity index (χ2n) is 15.9. The number of hydrogen-bond acceptors (Lipinski definition) is 8. The lowest BCUT2D eigenvalue weighted by molar-refractivity contribution is -0.153. The molecule has 1 aliphatic rings. The first-order chi connectivity index (χ1) is 28.3. The first-order valence-corrected chi connectivity index (χ1v) is 22.7. The second-order valence-corrected chi connectivity index (χ2v) is 15.9. The predicted molar refractivity (Wildman–Crippen MR) is 238 cm³/mol. The van der Waals surface area contributed by atoms with Crippen LogP contribution < -0.4 is 11.3 Å². The average molecular weight is 802 g/mol. The number of unbranched alkanes of at least 4 members (excludes halogenated alkanes) is 16. The van der Waals surface area contributed by atoms with E-state index in [0.717, 1.165) is 95.5 Å². The fourth-order valence-corrected chi connectivity index (χ4v) is 7.47. The molecule has 2 heterocycles. The van der Waals surface area contributed by atoms with Gasteiger partial charge >= 0.3 is 11.9 Å². The highest BCUT2D eigenvalue weighted by Crippen LogP contribution is 2.42.